The van der Waals surface area contributed by atoms with Gasteiger partial charge in [0, 0.05) is 25.0 Å². The van der Waals surface area contributed by atoms with Gasteiger partial charge in [-0.25, -0.2) is 19.2 Å². The largest absolute Gasteiger partial charge is 0.493 e. The lowest BCUT2D eigenvalue weighted by molar-refractivity contribution is -0.138. The van der Waals surface area contributed by atoms with E-state index in [9.17, 15) is 19.2 Å². The van der Waals surface area contributed by atoms with Crippen LogP contribution >= 0.6 is 0 Å². The molecule has 2 aromatic rings. The first kappa shape index (κ1) is 45.2. The lowest BCUT2D eigenvalue weighted by Gasteiger charge is -2.36. The van der Waals surface area contributed by atoms with Crippen molar-refractivity contribution >= 4 is 23.9 Å². The summed E-state index contributed by atoms with van der Waals surface area (Å²) in [5.74, 6) is 13.0. The van der Waals surface area contributed by atoms with E-state index in [4.69, 9.17) is 28.4 Å². The van der Waals surface area contributed by atoms with Gasteiger partial charge in [-0.15, -0.1) is 0 Å². The van der Waals surface area contributed by atoms with E-state index in [2.05, 4.69) is 50.7 Å². The highest BCUT2D eigenvalue weighted by molar-refractivity contribution is 5.90. The first-order valence-corrected chi connectivity index (χ1v) is 20.7. The molecule has 310 valence electrons. The molecule has 0 amide bonds. The van der Waals surface area contributed by atoms with E-state index >= 15 is 0 Å². The van der Waals surface area contributed by atoms with Crippen LogP contribution in [0.15, 0.2) is 73.8 Å². The number of ether oxygens (including phenoxy) is 6. The normalized spacial score (nSPS) is 21.0. The van der Waals surface area contributed by atoms with Gasteiger partial charge in [-0.1, -0.05) is 52.7 Å². The molecule has 2 saturated carbocycles. The maximum atomic E-state index is 13.5. The predicted octanol–water partition coefficient (Wildman–Crippen LogP) is 9.16. The molecule has 10 heteroatoms. The van der Waals surface area contributed by atoms with Crippen LogP contribution in [0.1, 0.15) is 124 Å². The molecule has 0 aliphatic heterocycles. The minimum Gasteiger partial charge on any atom is -0.493 e. The summed E-state index contributed by atoms with van der Waals surface area (Å²) in [7, 11) is 0. The molecular weight excluding hydrogens is 737 g/mol. The van der Waals surface area contributed by atoms with E-state index in [1.807, 2.05) is 0 Å². The summed E-state index contributed by atoms with van der Waals surface area (Å²) in [6, 6.07) is 13.5. The topological polar surface area (TPSA) is 124 Å². The van der Waals surface area contributed by atoms with Crippen molar-refractivity contribution in [1.29, 1.82) is 0 Å². The highest BCUT2D eigenvalue weighted by Gasteiger charge is 2.39. The summed E-state index contributed by atoms with van der Waals surface area (Å²) in [4.78, 5) is 49.5. The zero-order valence-corrected chi connectivity index (χ0v) is 34.2. The first-order chi connectivity index (χ1) is 28.1. The van der Waals surface area contributed by atoms with Crippen LogP contribution in [0.5, 0.6) is 11.5 Å². The van der Waals surface area contributed by atoms with Crippen LogP contribution in [0.3, 0.4) is 0 Å². The summed E-state index contributed by atoms with van der Waals surface area (Å²) >= 11 is 0. The van der Waals surface area contributed by atoms with Gasteiger partial charge in [-0.3, -0.25) is 0 Å². The first-order valence-electron chi connectivity index (χ1n) is 20.7. The molecule has 0 aromatic heterocycles. The van der Waals surface area contributed by atoms with Crippen LogP contribution in [0.25, 0.3) is 0 Å². The molecule has 10 nitrogen and oxygen atoms in total. The Balaban J connectivity index is 1.44. The SMILES string of the molecule is C=CC(=O)OCCCOc1ccc(C(=O)OC2(C#CC#CC3(OC(=O)c4ccc(OCCCOC(=O)C=C)cc4)CCC(CCC)CC3)CCC(CCC)CC2)cc1. The second-order valence-electron chi connectivity index (χ2n) is 14.9. The quantitative estimate of drug-likeness (QED) is 0.0422. The fourth-order valence-corrected chi connectivity index (χ4v) is 7.29. The number of hydrogen-bond donors (Lipinski definition) is 0. The fourth-order valence-electron chi connectivity index (χ4n) is 7.29. The lowest BCUT2D eigenvalue weighted by atomic mass is 9.77. The van der Waals surface area contributed by atoms with Gasteiger partial charge in [0.15, 0.2) is 11.2 Å². The van der Waals surface area contributed by atoms with Crippen LogP contribution in [-0.2, 0) is 28.5 Å². The fraction of sp³-hybridized carbons (Fsp3) is 0.500. The van der Waals surface area contributed by atoms with Crippen molar-refractivity contribution in [1.82, 2.24) is 0 Å². The molecule has 0 N–H and O–H groups in total. The molecule has 4 rings (SSSR count). The zero-order chi connectivity index (χ0) is 41.6. The molecule has 0 saturated heterocycles. The lowest BCUT2D eigenvalue weighted by Crippen LogP contribution is -2.38. The van der Waals surface area contributed by atoms with E-state index in [1.165, 1.54) is 0 Å². The van der Waals surface area contributed by atoms with Gasteiger partial charge in [-0.2, -0.15) is 0 Å². The Morgan fingerprint density at radius 1 is 0.603 bits per heavy atom. The van der Waals surface area contributed by atoms with Gasteiger partial charge in [-0.05, 0) is 135 Å². The third kappa shape index (κ3) is 14.8. The van der Waals surface area contributed by atoms with Gasteiger partial charge in [0.1, 0.15) is 11.5 Å². The number of benzene rings is 2. The van der Waals surface area contributed by atoms with Crippen molar-refractivity contribution in [2.24, 2.45) is 11.8 Å². The summed E-state index contributed by atoms with van der Waals surface area (Å²) in [5, 5.41) is 0. The predicted molar refractivity (Wildman–Crippen MR) is 221 cm³/mol. The minimum atomic E-state index is -0.990. The molecule has 0 heterocycles. The van der Waals surface area contributed by atoms with Crippen LogP contribution in [0, 0.1) is 35.5 Å². The molecule has 0 spiro atoms. The Hall–Kier alpha value is -5.48. The number of esters is 4. The highest BCUT2D eigenvalue weighted by Crippen LogP contribution is 2.39. The Bertz CT molecular complexity index is 1650. The second kappa shape index (κ2) is 23.7. The molecule has 2 aliphatic carbocycles. The van der Waals surface area contributed by atoms with Crippen LogP contribution < -0.4 is 9.47 Å². The standard InChI is InChI=1S/C48H58O10/c1-5-13-37-23-29-47(30-24-37,57-45(51)39-15-19-41(20-16-39)53-33-11-35-55-43(49)7-3)27-9-10-28-48(31-25-38(14-6-2)26-32-48)58-46(52)40-17-21-42(22-18-40)54-34-12-36-56-44(50)8-4/h7-8,15-22,37-38H,3-6,11-14,23-26,29-36H2,1-2H3. The third-order valence-corrected chi connectivity index (χ3v) is 10.6. The average Bonchev–Trinajstić information content (AvgIpc) is 3.24. The Morgan fingerprint density at radius 3 is 1.29 bits per heavy atom. The van der Waals surface area contributed by atoms with Crippen LogP contribution in [-0.4, -0.2) is 61.5 Å². The molecule has 2 fully saturated rings. The maximum Gasteiger partial charge on any atom is 0.339 e. The second-order valence-corrected chi connectivity index (χ2v) is 14.9. The summed E-state index contributed by atoms with van der Waals surface area (Å²) in [6.07, 6.45) is 13.7. The summed E-state index contributed by atoms with van der Waals surface area (Å²) in [6.45, 7) is 12.2. The molecule has 0 atom stereocenters. The third-order valence-electron chi connectivity index (χ3n) is 10.6. The van der Waals surface area contributed by atoms with E-state index in [0.717, 1.165) is 63.5 Å². The van der Waals surface area contributed by atoms with Crippen LogP contribution in [0.4, 0.5) is 0 Å². The van der Waals surface area contributed by atoms with Crippen molar-refractivity contribution in [3.8, 4) is 35.2 Å². The molecule has 2 aromatic carbocycles. The molecule has 0 radical (unpaired) electrons. The van der Waals surface area contributed by atoms with E-state index in [0.29, 0.717) is 86.2 Å². The Kier molecular flexibility index (Phi) is 18.5. The maximum absolute atomic E-state index is 13.5. The molecule has 58 heavy (non-hydrogen) atoms. The van der Waals surface area contributed by atoms with E-state index in [1.54, 1.807) is 48.5 Å². The van der Waals surface area contributed by atoms with Gasteiger partial charge >= 0.3 is 23.9 Å². The number of carbonyl (C=O) groups excluding carboxylic acids is 4. The number of rotatable bonds is 20. The van der Waals surface area contributed by atoms with Crippen LogP contribution in [0.2, 0.25) is 0 Å². The minimum absolute atomic E-state index is 0.222. The summed E-state index contributed by atoms with van der Waals surface area (Å²) < 4.78 is 33.8. The number of hydrogen-bond acceptors (Lipinski definition) is 10. The van der Waals surface area contributed by atoms with Gasteiger partial charge in [0.25, 0.3) is 0 Å². The summed E-state index contributed by atoms with van der Waals surface area (Å²) in [5.41, 5.74) is -1.21. The molecular formula is C48H58O10. The molecule has 2 aliphatic rings. The van der Waals surface area contributed by atoms with Crippen molar-refractivity contribution < 1.29 is 47.6 Å². The van der Waals surface area contributed by atoms with Gasteiger partial charge < -0.3 is 28.4 Å². The highest BCUT2D eigenvalue weighted by atomic mass is 16.6. The van der Waals surface area contributed by atoms with Crippen molar-refractivity contribution in [2.75, 3.05) is 26.4 Å². The Morgan fingerprint density at radius 2 is 0.966 bits per heavy atom. The van der Waals surface area contributed by atoms with Crippen molar-refractivity contribution in [3.05, 3.63) is 85.0 Å². The van der Waals surface area contributed by atoms with Crippen molar-refractivity contribution in [2.45, 2.75) is 115 Å². The van der Waals surface area contributed by atoms with Crippen molar-refractivity contribution in [3.63, 3.8) is 0 Å². The molecule has 0 bridgehead atoms. The van der Waals surface area contributed by atoms with Gasteiger partial charge in [0.2, 0.25) is 0 Å². The average molecular weight is 795 g/mol. The van der Waals surface area contributed by atoms with E-state index < -0.39 is 35.1 Å². The van der Waals surface area contributed by atoms with E-state index in [-0.39, 0.29) is 13.2 Å². The monoisotopic (exact) mass is 794 g/mol. The Labute approximate surface area is 344 Å². The molecule has 0 unspecified atom stereocenters. The van der Waals surface area contributed by atoms with Gasteiger partial charge in [0.05, 0.1) is 37.6 Å². The smallest absolute Gasteiger partial charge is 0.339 e. The zero-order valence-electron chi connectivity index (χ0n) is 34.2. The number of carbonyl (C=O) groups is 4.